The zero-order valence-electron chi connectivity index (χ0n) is 45.9. The number of hydrogen-bond acceptors (Lipinski definition) is 6. The number of phosphoric ester groups is 1. The van der Waals surface area contributed by atoms with E-state index in [1.54, 1.807) is 0 Å². The number of carbonyl (C=O) groups is 2. The van der Waals surface area contributed by atoms with Crippen LogP contribution in [-0.4, -0.2) is 74.3 Å². The number of nitrogens with one attached hydrogen (secondary N) is 1. The van der Waals surface area contributed by atoms with Crippen molar-refractivity contribution in [2.75, 3.05) is 40.9 Å². The molecule has 0 aromatic heterocycles. The molecule has 0 spiro atoms. The van der Waals surface area contributed by atoms with Gasteiger partial charge < -0.3 is 19.4 Å². The van der Waals surface area contributed by atoms with E-state index >= 15 is 0 Å². The number of likely N-dealkylation sites (N-methyl/N-ethyl adjacent to an activating group) is 1. The molecule has 0 bridgehead atoms. The molecule has 0 rings (SSSR count). The van der Waals surface area contributed by atoms with Crippen LogP contribution in [0.25, 0.3) is 0 Å². The van der Waals surface area contributed by atoms with Gasteiger partial charge in [0.2, 0.25) is 5.91 Å². The van der Waals surface area contributed by atoms with E-state index in [0.717, 1.165) is 64.2 Å². The minimum absolute atomic E-state index is 0.0427. The lowest BCUT2D eigenvalue weighted by atomic mass is 10.0. The van der Waals surface area contributed by atoms with E-state index in [4.69, 9.17) is 13.8 Å². The van der Waals surface area contributed by atoms with Gasteiger partial charge >= 0.3 is 13.8 Å². The maximum Gasteiger partial charge on any atom is 0.472 e. The molecule has 0 aromatic carbocycles. The minimum Gasteiger partial charge on any atom is -0.456 e. The summed E-state index contributed by atoms with van der Waals surface area (Å²) in [5, 5.41) is 3.05. The number of quaternary nitrogens is 1. The van der Waals surface area contributed by atoms with Gasteiger partial charge in [0.15, 0.2) is 0 Å². The van der Waals surface area contributed by atoms with Crippen molar-refractivity contribution in [1.82, 2.24) is 5.32 Å². The minimum atomic E-state index is -4.44. The van der Waals surface area contributed by atoms with Gasteiger partial charge in [-0.1, -0.05) is 238 Å². The third-order valence-electron chi connectivity index (χ3n) is 13.1. The number of hydrogen-bond donors (Lipinski definition) is 2. The maximum atomic E-state index is 13.5. The Morgan fingerprint density at radius 3 is 1.26 bits per heavy atom. The van der Waals surface area contributed by atoms with Crippen LogP contribution in [0, 0.1) is 0 Å². The number of phosphoric acid groups is 1. The van der Waals surface area contributed by atoms with Crippen LogP contribution in [0.2, 0.25) is 0 Å². The SMILES string of the molecule is CCCCCC/C=C\CCCCCCCCCC(=O)NC(COP(=O)(O)OCC[N+](C)(C)C)C(/C=C/CCCCCCCCCCCCC)OC(=O)CCCCCCCCCCCCCCCC. The number of esters is 1. The zero-order valence-corrected chi connectivity index (χ0v) is 46.8. The summed E-state index contributed by atoms with van der Waals surface area (Å²) in [5.41, 5.74) is 0. The molecule has 0 heterocycles. The van der Waals surface area contributed by atoms with Gasteiger partial charge in [0.05, 0.1) is 33.8 Å². The molecule has 0 saturated heterocycles. The van der Waals surface area contributed by atoms with Crippen molar-refractivity contribution in [2.45, 2.75) is 296 Å². The quantitative estimate of drug-likeness (QED) is 0.0205. The highest BCUT2D eigenvalue weighted by Crippen LogP contribution is 2.43. The number of amides is 1. The summed E-state index contributed by atoms with van der Waals surface area (Å²) in [6, 6.07) is -0.843. The predicted molar refractivity (Wildman–Crippen MR) is 291 cm³/mol. The first-order chi connectivity index (χ1) is 32.9. The third kappa shape index (κ3) is 49.5. The Bertz CT molecular complexity index is 1220. The Hall–Kier alpha value is -1.51. The second-order valence-corrected chi connectivity index (χ2v) is 22.6. The molecule has 0 saturated carbocycles. The first-order valence-corrected chi connectivity index (χ1v) is 30.7. The van der Waals surface area contributed by atoms with Crippen LogP contribution in [-0.2, 0) is 27.9 Å². The molecular weight excluding hydrogens is 868 g/mol. The van der Waals surface area contributed by atoms with E-state index in [1.807, 2.05) is 33.3 Å². The second kappa shape index (κ2) is 49.1. The van der Waals surface area contributed by atoms with Crippen LogP contribution in [0.3, 0.4) is 0 Å². The Kier molecular flexibility index (Phi) is 48.0. The van der Waals surface area contributed by atoms with Crippen LogP contribution >= 0.6 is 7.82 Å². The maximum absolute atomic E-state index is 13.5. The first-order valence-electron chi connectivity index (χ1n) is 29.2. The van der Waals surface area contributed by atoms with Gasteiger partial charge in [-0.2, -0.15) is 0 Å². The number of ether oxygens (including phenoxy) is 1. The molecular formula is C58H114N2O7P+. The first kappa shape index (κ1) is 66.5. The lowest BCUT2D eigenvalue weighted by Crippen LogP contribution is -2.47. The number of unbranched alkanes of at least 4 members (excludes halogenated alkanes) is 35. The van der Waals surface area contributed by atoms with Gasteiger partial charge in [-0.15, -0.1) is 0 Å². The molecule has 0 radical (unpaired) electrons. The highest BCUT2D eigenvalue weighted by molar-refractivity contribution is 7.47. The Morgan fingerprint density at radius 1 is 0.500 bits per heavy atom. The fraction of sp³-hybridized carbons (Fsp3) is 0.897. The lowest BCUT2D eigenvalue weighted by molar-refractivity contribution is -0.870. The van der Waals surface area contributed by atoms with E-state index < -0.39 is 20.0 Å². The van der Waals surface area contributed by atoms with Crippen molar-refractivity contribution >= 4 is 19.7 Å². The summed E-state index contributed by atoms with van der Waals surface area (Å²) in [5.74, 6) is -0.497. The van der Waals surface area contributed by atoms with Crippen LogP contribution in [0.5, 0.6) is 0 Å². The van der Waals surface area contributed by atoms with Crippen molar-refractivity contribution in [3.8, 4) is 0 Å². The second-order valence-electron chi connectivity index (χ2n) is 21.2. The standard InChI is InChI=1S/C58H113N2O7P/c1-7-10-13-16-19-22-25-28-30-32-35-38-41-44-47-50-57(61)59-55(54-66-68(63,64)65-53-52-60(4,5)6)56(49-46-43-40-37-34-31-27-24-21-18-15-12-9-3)67-58(62)51-48-45-42-39-36-33-29-26-23-20-17-14-11-8-2/h22,25,46,49,55-56H,7-21,23-24,26-45,47-48,50-54H2,1-6H3,(H-,59,61,63,64)/p+1/b25-22-,49-46+. The van der Waals surface area contributed by atoms with E-state index in [1.165, 1.54) is 186 Å². The van der Waals surface area contributed by atoms with E-state index in [2.05, 4.69) is 38.2 Å². The van der Waals surface area contributed by atoms with Gasteiger partial charge in [0, 0.05) is 12.8 Å². The lowest BCUT2D eigenvalue weighted by Gasteiger charge is -2.27. The van der Waals surface area contributed by atoms with Gasteiger partial charge in [0.25, 0.3) is 0 Å². The average Bonchev–Trinajstić information content (AvgIpc) is 3.29. The van der Waals surface area contributed by atoms with Crippen LogP contribution in [0.15, 0.2) is 24.3 Å². The molecule has 9 nitrogen and oxygen atoms in total. The van der Waals surface area contributed by atoms with Crippen molar-refractivity contribution < 1.29 is 37.3 Å². The summed E-state index contributed by atoms with van der Waals surface area (Å²) in [4.78, 5) is 37.6. The van der Waals surface area contributed by atoms with Gasteiger partial charge in [-0.3, -0.25) is 18.6 Å². The van der Waals surface area contributed by atoms with E-state index in [9.17, 15) is 19.0 Å². The largest absolute Gasteiger partial charge is 0.472 e. The fourth-order valence-electron chi connectivity index (χ4n) is 8.58. The predicted octanol–water partition coefficient (Wildman–Crippen LogP) is 17.4. The van der Waals surface area contributed by atoms with Gasteiger partial charge in [0.1, 0.15) is 19.3 Å². The number of nitrogens with zero attached hydrogens (tertiary/aromatic N) is 1. The Balaban J connectivity index is 5.35. The van der Waals surface area contributed by atoms with Crippen molar-refractivity contribution in [1.29, 1.82) is 0 Å². The molecule has 10 heteroatoms. The molecule has 0 aliphatic rings. The van der Waals surface area contributed by atoms with Crippen molar-refractivity contribution in [3.05, 3.63) is 24.3 Å². The molecule has 3 unspecified atom stereocenters. The summed E-state index contributed by atoms with van der Waals surface area (Å²) in [6.45, 7) is 7.02. The number of rotatable bonds is 53. The van der Waals surface area contributed by atoms with E-state index in [-0.39, 0.29) is 25.1 Å². The number of allylic oxidation sites excluding steroid dienone is 3. The third-order valence-corrected chi connectivity index (χ3v) is 14.1. The summed E-state index contributed by atoms with van der Waals surface area (Å²) >= 11 is 0. The van der Waals surface area contributed by atoms with Crippen molar-refractivity contribution in [2.24, 2.45) is 0 Å². The molecule has 0 aliphatic carbocycles. The van der Waals surface area contributed by atoms with Gasteiger partial charge in [-0.25, -0.2) is 4.57 Å². The topological polar surface area (TPSA) is 111 Å². The van der Waals surface area contributed by atoms with Gasteiger partial charge in [-0.05, 0) is 57.4 Å². The summed E-state index contributed by atoms with van der Waals surface area (Å²) in [6.07, 6.45) is 55.9. The normalized spacial score (nSPS) is 13.9. The smallest absolute Gasteiger partial charge is 0.456 e. The average molecular weight is 983 g/mol. The summed E-state index contributed by atoms with van der Waals surface area (Å²) < 4.78 is 30.6. The highest BCUT2D eigenvalue weighted by atomic mass is 31.2. The van der Waals surface area contributed by atoms with E-state index in [0.29, 0.717) is 23.9 Å². The van der Waals surface area contributed by atoms with Crippen LogP contribution < -0.4 is 5.32 Å². The zero-order chi connectivity index (χ0) is 50.1. The molecule has 68 heavy (non-hydrogen) atoms. The molecule has 1 amide bonds. The molecule has 402 valence electrons. The molecule has 0 fully saturated rings. The Morgan fingerprint density at radius 2 is 0.853 bits per heavy atom. The van der Waals surface area contributed by atoms with Crippen LogP contribution in [0.4, 0.5) is 0 Å². The molecule has 2 N–H and O–H groups in total. The monoisotopic (exact) mass is 982 g/mol. The molecule has 0 aliphatic heterocycles. The highest BCUT2D eigenvalue weighted by Gasteiger charge is 2.30. The van der Waals surface area contributed by atoms with Crippen LogP contribution in [0.1, 0.15) is 284 Å². The summed E-state index contributed by atoms with van der Waals surface area (Å²) in [7, 11) is 1.51. The molecule has 0 aromatic rings. The Labute approximate surface area is 422 Å². The fourth-order valence-corrected chi connectivity index (χ4v) is 9.32. The number of carbonyl (C=O) groups excluding carboxylic acids is 2. The van der Waals surface area contributed by atoms with Crippen molar-refractivity contribution in [3.63, 3.8) is 0 Å². The molecule has 3 atom stereocenters.